The van der Waals surface area contributed by atoms with Crippen molar-refractivity contribution in [3.63, 3.8) is 0 Å². The molecule has 0 aliphatic heterocycles. The first kappa shape index (κ1) is 11.2. The van der Waals surface area contributed by atoms with Gasteiger partial charge >= 0.3 is 0 Å². The van der Waals surface area contributed by atoms with Crippen LogP contribution in [0.4, 0.5) is 4.39 Å². The van der Waals surface area contributed by atoms with Gasteiger partial charge in [-0.1, -0.05) is 11.6 Å². The summed E-state index contributed by atoms with van der Waals surface area (Å²) in [6, 6.07) is 6.77. The Morgan fingerprint density at radius 2 is 2.11 bits per heavy atom. The lowest BCUT2D eigenvalue weighted by Gasteiger charge is -1.99. The maximum atomic E-state index is 13.3. The summed E-state index contributed by atoms with van der Waals surface area (Å²) in [5.74, 6) is -0.497. The summed E-state index contributed by atoms with van der Waals surface area (Å²) in [6.45, 7) is 1.75. The Kier molecular flexibility index (Phi) is 2.52. The monoisotopic (exact) mass is 261 g/mol. The number of pyridine rings is 2. The third-order valence-electron chi connectivity index (χ3n) is 2.71. The molecule has 0 saturated heterocycles. The van der Waals surface area contributed by atoms with Crippen molar-refractivity contribution in [2.24, 2.45) is 0 Å². The molecule has 0 amide bonds. The third kappa shape index (κ3) is 1.84. The molecule has 18 heavy (non-hydrogen) atoms. The van der Waals surface area contributed by atoms with E-state index in [4.69, 9.17) is 11.6 Å². The molecule has 3 nitrogen and oxygen atoms in total. The van der Waals surface area contributed by atoms with Crippen molar-refractivity contribution in [2.75, 3.05) is 0 Å². The lowest BCUT2D eigenvalue weighted by molar-refractivity contribution is 0.580. The number of aromatic nitrogens is 3. The van der Waals surface area contributed by atoms with E-state index in [1.165, 1.54) is 6.07 Å². The molecule has 3 heterocycles. The van der Waals surface area contributed by atoms with E-state index in [1.54, 1.807) is 19.2 Å². The first-order valence-corrected chi connectivity index (χ1v) is 5.79. The summed E-state index contributed by atoms with van der Waals surface area (Å²) in [6.07, 6.45) is 1.63. The molecular weight excluding hydrogens is 253 g/mol. The van der Waals surface area contributed by atoms with E-state index in [1.807, 2.05) is 12.1 Å². The number of nitrogens with zero attached hydrogens (tertiary/aromatic N) is 2. The second kappa shape index (κ2) is 4.07. The van der Waals surface area contributed by atoms with Gasteiger partial charge in [0.05, 0.1) is 5.02 Å². The zero-order valence-corrected chi connectivity index (χ0v) is 10.3. The minimum absolute atomic E-state index is 0.497. The molecule has 0 saturated carbocycles. The number of aryl methyl sites for hydroxylation is 1. The average molecular weight is 262 g/mol. The Labute approximate surface area is 108 Å². The predicted molar refractivity (Wildman–Crippen MR) is 69.0 cm³/mol. The highest BCUT2D eigenvalue weighted by Crippen LogP contribution is 2.28. The fourth-order valence-electron chi connectivity index (χ4n) is 1.93. The normalized spacial score (nSPS) is 11.1. The minimum atomic E-state index is -0.497. The fourth-order valence-corrected chi connectivity index (χ4v) is 2.13. The smallest absolute Gasteiger partial charge is 0.213 e. The minimum Gasteiger partial charge on any atom is -0.339 e. The van der Waals surface area contributed by atoms with Crippen LogP contribution in [0.1, 0.15) is 5.69 Å². The van der Waals surface area contributed by atoms with E-state index in [9.17, 15) is 4.39 Å². The van der Waals surface area contributed by atoms with Crippen LogP contribution in [0, 0.1) is 12.9 Å². The van der Waals surface area contributed by atoms with Crippen molar-refractivity contribution in [1.82, 2.24) is 15.0 Å². The molecule has 3 aromatic heterocycles. The van der Waals surface area contributed by atoms with Gasteiger partial charge in [0.2, 0.25) is 5.95 Å². The zero-order valence-electron chi connectivity index (χ0n) is 9.54. The lowest BCUT2D eigenvalue weighted by Crippen LogP contribution is -1.88. The quantitative estimate of drug-likeness (QED) is 0.678. The van der Waals surface area contributed by atoms with Crippen molar-refractivity contribution in [3.05, 3.63) is 47.1 Å². The number of H-pyrrole nitrogens is 1. The van der Waals surface area contributed by atoms with Gasteiger partial charge in [0, 0.05) is 34.6 Å². The van der Waals surface area contributed by atoms with Gasteiger partial charge in [0.25, 0.3) is 0 Å². The van der Waals surface area contributed by atoms with Gasteiger partial charge in [-0.05, 0) is 25.1 Å². The third-order valence-corrected chi connectivity index (χ3v) is 3.04. The van der Waals surface area contributed by atoms with Crippen LogP contribution in [0.25, 0.3) is 22.3 Å². The van der Waals surface area contributed by atoms with Crippen LogP contribution >= 0.6 is 11.6 Å². The molecule has 0 fully saturated rings. The van der Waals surface area contributed by atoms with Gasteiger partial charge in [0.1, 0.15) is 5.65 Å². The van der Waals surface area contributed by atoms with Gasteiger partial charge in [-0.2, -0.15) is 4.39 Å². The van der Waals surface area contributed by atoms with Crippen LogP contribution in [0.5, 0.6) is 0 Å². The first-order valence-electron chi connectivity index (χ1n) is 5.41. The van der Waals surface area contributed by atoms with Gasteiger partial charge in [-0.3, -0.25) is 0 Å². The Bertz CT molecular complexity index is 716. The van der Waals surface area contributed by atoms with Crippen molar-refractivity contribution >= 4 is 22.6 Å². The maximum absolute atomic E-state index is 13.3. The van der Waals surface area contributed by atoms with E-state index >= 15 is 0 Å². The van der Waals surface area contributed by atoms with E-state index in [0.29, 0.717) is 16.4 Å². The highest BCUT2D eigenvalue weighted by Gasteiger charge is 2.08. The summed E-state index contributed by atoms with van der Waals surface area (Å²) in [5.41, 5.74) is 2.82. The van der Waals surface area contributed by atoms with Crippen LogP contribution in [-0.4, -0.2) is 15.0 Å². The number of nitrogens with one attached hydrogen (secondary N) is 1. The van der Waals surface area contributed by atoms with Gasteiger partial charge < -0.3 is 4.98 Å². The molecular formula is C13H9ClFN3. The van der Waals surface area contributed by atoms with Gasteiger partial charge in [-0.15, -0.1) is 0 Å². The number of aromatic amines is 1. The maximum Gasteiger partial charge on any atom is 0.213 e. The fraction of sp³-hybridized carbons (Fsp3) is 0.0769. The summed E-state index contributed by atoms with van der Waals surface area (Å²) in [4.78, 5) is 11.0. The van der Waals surface area contributed by atoms with Crippen molar-refractivity contribution in [2.45, 2.75) is 6.92 Å². The number of fused-ring (bicyclic) bond motifs is 1. The van der Waals surface area contributed by atoms with Crippen molar-refractivity contribution < 1.29 is 4.39 Å². The van der Waals surface area contributed by atoms with Crippen LogP contribution in [0.2, 0.25) is 5.02 Å². The van der Waals surface area contributed by atoms with Crippen LogP contribution in [0.15, 0.2) is 30.5 Å². The average Bonchev–Trinajstić information content (AvgIpc) is 2.73. The zero-order chi connectivity index (χ0) is 12.7. The Morgan fingerprint density at radius 1 is 1.28 bits per heavy atom. The van der Waals surface area contributed by atoms with Crippen molar-refractivity contribution in [3.8, 4) is 11.3 Å². The molecule has 0 atom stereocenters. The Balaban J connectivity index is 2.22. The van der Waals surface area contributed by atoms with Crippen LogP contribution in [-0.2, 0) is 0 Å². The number of rotatable bonds is 1. The molecule has 5 heteroatoms. The molecule has 0 spiro atoms. The highest BCUT2D eigenvalue weighted by atomic mass is 35.5. The highest BCUT2D eigenvalue weighted by molar-refractivity contribution is 6.35. The van der Waals surface area contributed by atoms with Gasteiger partial charge in [-0.25, -0.2) is 9.97 Å². The molecule has 1 N–H and O–H groups in total. The van der Waals surface area contributed by atoms with E-state index < -0.39 is 5.95 Å². The molecule has 3 aromatic rings. The SMILES string of the molecule is Cc1cc(-c2cc3c(Cl)ccnc3[nH]2)cc(F)n1. The van der Waals surface area contributed by atoms with Crippen molar-refractivity contribution in [1.29, 1.82) is 0 Å². The van der Waals surface area contributed by atoms with E-state index in [0.717, 1.165) is 16.6 Å². The molecule has 3 rings (SSSR count). The van der Waals surface area contributed by atoms with E-state index in [-0.39, 0.29) is 0 Å². The summed E-state index contributed by atoms with van der Waals surface area (Å²) in [7, 11) is 0. The topological polar surface area (TPSA) is 41.6 Å². The molecule has 0 aromatic carbocycles. The largest absolute Gasteiger partial charge is 0.339 e. The van der Waals surface area contributed by atoms with Gasteiger partial charge in [0.15, 0.2) is 0 Å². The summed E-state index contributed by atoms with van der Waals surface area (Å²) in [5, 5.41) is 1.44. The molecule has 0 radical (unpaired) electrons. The van der Waals surface area contributed by atoms with Crippen LogP contribution < -0.4 is 0 Å². The summed E-state index contributed by atoms with van der Waals surface area (Å²) >= 11 is 6.07. The summed E-state index contributed by atoms with van der Waals surface area (Å²) < 4.78 is 13.3. The Hall–Kier alpha value is -1.94. The Morgan fingerprint density at radius 3 is 2.83 bits per heavy atom. The second-order valence-corrected chi connectivity index (χ2v) is 4.47. The molecule has 90 valence electrons. The number of halogens is 2. The number of hydrogen-bond acceptors (Lipinski definition) is 2. The van der Waals surface area contributed by atoms with E-state index in [2.05, 4.69) is 15.0 Å². The molecule has 0 aliphatic rings. The number of hydrogen-bond donors (Lipinski definition) is 1. The standard InChI is InChI=1S/C13H9ClFN3/c1-7-4-8(5-12(15)17-7)11-6-9-10(14)2-3-16-13(9)18-11/h2-6H,1H3,(H,16,18). The molecule has 0 aliphatic carbocycles. The van der Waals surface area contributed by atoms with Crippen LogP contribution in [0.3, 0.4) is 0 Å². The predicted octanol–water partition coefficient (Wildman–Crippen LogP) is 3.73. The molecule has 0 unspecified atom stereocenters. The first-order chi connectivity index (χ1) is 8.63. The second-order valence-electron chi connectivity index (χ2n) is 4.06. The molecule has 0 bridgehead atoms. The lowest BCUT2D eigenvalue weighted by atomic mass is 10.1.